The molecule has 2 aromatic rings. The van der Waals surface area contributed by atoms with Crippen molar-refractivity contribution >= 4 is 0 Å². The number of halogens is 3. The average Bonchev–Trinajstić information content (AvgIpc) is 2.84. The van der Waals surface area contributed by atoms with Gasteiger partial charge in [-0.25, -0.2) is 13.2 Å². The van der Waals surface area contributed by atoms with Crippen LogP contribution in [0.2, 0.25) is 0 Å². The minimum atomic E-state index is -1.49. The van der Waals surface area contributed by atoms with E-state index in [0.29, 0.717) is 5.69 Å². The Labute approximate surface area is 94.9 Å². The molecule has 1 aromatic heterocycles. The SMILES string of the molecule is CNC(c1cn[nH]n1)c1ccc(F)c(F)c1F. The maximum atomic E-state index is 13.6. The molecule has 2 rings (SSSR count). The van der Waals surface area contributed by atoms with Gasteiger partial charge in [-0.3, -0.25) is 0 Å². The van der Waals surface area contributed by atoms with Gasteiger partial charge in [-0.15, -0.1) is 0 Å². The first kappa shape index (κ1) is 11.6. The number of nitrogens with zero attached hydrogens (tertiary/aromatic N) is 2. The Morgan fingerprint density at radius 3 is 2.59 bits per heavy atom. The highest BCUT2D eigenvalue weighted by Gasteiger charge is 2.22. The Morgan fingerprint density at radius 1 is 1.24 bits per heavy atom. The van der Waals surface area contributed by atoms with Crippen LogP contribution >= 0.6 is 0 Å². The van der Waals surface area contributed by atoms with Gasteiger partial charge < -0.3 is 5.32 Å². The van der Waals surface area contributed by atoms with Crippen LogP contribution < -0.4 is 5.32 Å². The number of benzene rings is 1. The van der Waals surface area contributed by atoms with E-state index in [-0.39, 0.29) is 5.56 Å². The van der Waals surface area contributed by atoms with Crippen LogP contribution in [0.3, 0.4) is 0 Å². The van der Waals surface area contributed by atoms with Crippen molar-refractivity contribution in [3.05, 3.63) is 47.0 Å². The van der Waals surface area contributed by atoms with Crippen LogP contribution in [0.1, 0.15) is 17.3 Å². The van der Waals surface area contributed by atoms with E-state index in [9.17, 15) is 13.2 Å². The lowest BCUT2D eigenvalue weighted by Gasteiger charge is -2.14. The molecule has 0 amide bonds. The fourth-order valence-corrected chi connectivity index (χ4v) is 1.58. The molecule has 1 atom stereocenters. The molecule has 2 N–H and O–H groups in total. The first-order valence-electron chi connectivity index (χ1n) is 4.81. The van der Waals surface area contributed by atoms with Gasteiger partial charge in [0.1, 0.15) is 5.69 Å². The van der Waals surface area contributed by atoms with Gasteiger partial charge >= 0.3 is 0 Å². The molecule has 0 aliphatic carbocycles. The van der Waals surface area contributed by atoms with Gasteiger partial charge in [0, 0.05) is 5.56 Å². The van der Waals surface area contributed by atoms with Crippen molar-refractivity contribution < 1.29 is 13.2 Å². The Hall–Kier alpha value is -1.89. The monoisotopic (exact) mass is 242 g/mol. The second-order valence-electron chi connectivity index (χ2n) is 3.38. The summed E-state index contributed by atoms with van der Waals surface area (Å²) in [6, 6.07) is 1.35. The Balaban J connectivity index is 2.49. The van der Waals surface area contributed by atoms with Crippen LogP contribution in [0.4, 0.5) is 13.2 Å². The molecule has 7 heteroatoms. The number of aromatic nitrogens is 3. The molecule has 0 aliphatic heterocycles. The number of H-pyrrole nitrogens is 1. The minimum Gasteiger partial charge on any atom is -0.308 e. The molecule has 17 heavy (non-hydrogen) atoms. The lowest BCUT2D eigenvalue weighted by Crippen LogP contribution is -2.20. The van der Waals surface area contributed by atoms with E-state index in [0.717, 1.165) is 6.07 Å². The zero-order valence-corrected chi connectivity index (χ0v) is 8.84. The van der Waals surface area contributed by atoms with Crippen molar-refractivity contribution in [2.24, 2.45) is 0 Å². The summed E-state index contributed by atoms with van der Waals surface area (Å²) in [7, 11) is 1.56. The third-order valence-electron chi connectivity index (χ3n) is 2.39. The van der Waals surface area contributed by atoms with Gasteiger partial charge in [-0.1, -0.05) is 6.07 Å². The third-order valence-corrected chi connectivity index (χ3v) is 2.39. The molecule has 1 aromatic carbocycles. The van der Waals surface area contributed by atoms with Crippen molar-refractivity contribution in [3.8, 4) is 0 Å². The quantitative estimate of drug-likeness (QED) is 0.802. The molecule has 1 unspecified atom stereocenters. The predicted molar refractivity (Wildman–Crippen MR) is 53.6 cm³/mol. The molecule has 0 bridgehead atoms. The van der Waals surface area contributed by atoms with E-state index < -0.39 is 23.5 Å². The van der Waals surface area contributed by atoms with Crippen molar-refractivity contribution in [1.29, 1.82) is 0 Å². The maximum absolute atomic E-state index is 13.6. The zero-order valence-electron chi connectivity index (χ0n) is 8.84. The van der Waals surface area contributed by atoms with Crippen molar-refractivity contribution in [2.75, 3.05) is 7.05 Å². The first-order chi connectivity index (χ1) is 8.15. The van der Waals surface area contributed by atoms with Crippen LogP contribution in [0.25, 0.3) is 0 Å². The van der Waals surface area contributed by atoms with E-state index in [4.69, 9.17) is 0 Å². The molecule has 1 heterocycles. The molecular weight excluding hydrogens is 233 g/mol. The molecule has 4 nitrogen and oxygen atoms in total. The smallest absolute Gasteiger partial charge is 0.194 e. The molecule has 0 aliphatic rings. The van der Waals surface area contributed by atoms with Crippen LogP contribution in [0.15, 0.2) is 18.3 Å². The maximum Gasteiger partial charge on any atom is 0.194 e. The predicted octanol–water partition coefficient (Wildman–Crippen LogP) is 1.53. The normalized spacial score (nSPS) is 12.7. The molecule has 0 spiro atoms. The molecule has 0 saturated carbocycles. The molecule has 0 radical (unpaired) electrons. The largest absolute Gasteiger partial charge is 0.308 e. The number of hydrogen-bond acceptors (Lipinski definition) is 3. The van der Waals surface area contributed by atoms with E-state index in [1.54, 1.807) is 7.05 Å². The van der Waals surface area contributed by atoms with Gasteiger partial charge in [0.2, 0.25) is 0 Å². The molecule has 0 saturated heterocycles. The summed E-state index contributed by atoms with van der Waals surface area (Å²) in [4.78, 5) is 0. The van der Waals surface area contributed by atoms with Gasteiger partial charge in [-0.2, -0.15) is 15.4 Å². The Morgan fingerprint density at radius 2 is 2.00 bits per heavy atom. The van der Waals surface area contributed by atoms with Gasteiger partial charge in [0.05, 0.1) is 12.2 Å². The summed E-state index contributed by atoms with van der Waals surface area (Å²) in [6.07, 6.45) is 1.38. The second-order valence-corrected chi connectivity index (χ2v) is 3.38. The van der Waals surface area contributed by atoms with Crippen LogP contribution in [0.5, 0.6) is 0 Å². The zero-order chi connectivity index (χ0) is 12.4. The number of nitrogens with one attached hydrogen (secondary N) is 2. The third kappa shape index (κ3) is 2.01. The van der Waals surface area contributed by atoms with Crippen molar-refractivity contribution in [1.82, 2.24) is 20.7 Å². The van der Waals surface area contributed by atoms with Gasteiger partial charge in [-0.05, 0) is 13.1 Å². The molecular formula is C10H9F3N4. The van der Waals surface area contributed by atoms with E-state index in [1.165, 1.54) is 12.3 Å². The van der Waals surface area contributed by atoms with Gasteiger partial charge in [0.15, 0.2) is 17.5 Å². The number of hydrogen-bond donors (Lipinski definition) is 2. The molecule has 90 valence electrons. The van der Waals surface area contributed by atoms with Crippen LogP contribution in [-0.4, -0.2) is 22.5 Å². The van der Waals surface area contributed by atoms with Crippen molar-refractivity contribution in [2.45, 2.75) is 6.04 Å². The fourth-order valence-electron chi connectivity index (χ4n) is 1.58. The number of aromatic amines is 1. The summed E-state index contributed by atoms with van der Waals surface area (Å²) in [5.41, 5.74) is 0.359. The van der Waals surface area contributed by atoms with Gasteiger partial charge in [0.25, 0.3) is 0 Å². The standard InChI is InChI=1S/C10H9F3N4/c1-14-10(7-4-15-17-16-7)5-2-3-6(11)9(13)8(5)12/h2-4,10,14H,1H3,(H,15,16,17). The molecule has 0 fully saturated rings. The summed E-state index contributed by atoms with van der Waals surface area (Å²) >= 11 is 0. The summed E-state index contributed by atoms with van der Waals surface area (Å²) in [6.45, 7) is 0. The average molecular weight is 242 g/mol. The summed E-state index contributed by atoms with van der Waals surface area (Å²) < 4.78 is 39.5. The van der Waals surface area contributed by atoms with E-state index >= 15 is 0 Å². The fraction of sp³-hybridized carbons (Fsp3) is 0.200. The Bertz CT molecular complexity index is 513. The van der Waals surface area contributed by atoms with Crippen molar-refractivity contribution in [3.63, 3.8) is 0 Å². The highest BCUT2D eigenvalue weighted by Crippen LogP contribution is 2.24. The lowest BCUT2D eigenvalue weighted by molar-refractivity contribution is 0.434. The second kappa shape index (κ2) is 4.54. The highest BCUT2D eigenvalue weighted by molar-refractivity contribution is 5.29. The van der Waals surface area contributed by atoms with Crippen LogP contribution in [0, 0.1) is 17.5 Å². The lowest BCUT2D eigenvalue weighted by atomic mass is 10.0. The van der Waals surface area contributed by atoms with E-state index in [2.05, 4.69) is 20.7 Å². The highest BCUT2D eigenvalue weighted by atomic mass is 19.2. The summed E-state index contributed by atoms with van der Waals surface area (Å²) in [5, 5.41) is 12.5. The topological polar surface area (TPSA) is 53.6 Å². The van der Waals surface area contributed by atoms with Crippen LogP contribution in [-0.2, 0) is 0 Å². The first-order valence-corrected chi connectivity index (χ1v) is 4.81. The minimum absolute atomic E-state index is 0.0275. The number of rotatable bonds is 3. The Kier molecular flexibility index (Phi) is 3.10. The summed E-state index contributed by atoms with van der Waals surface area (Å²) in [5.74, 6) is -3.94. The van der Waals surface area contributed by atoms with E-state index in [1.807, 2.05) is 0 Å².